The molecule has 1 amide bonds. The first kappa shape index (κ1) is 22.9. The Balaban J connectivity index is 1.59. The molecule has 0 spiro atoms. The molecule has 0 aliphatic rings. The van der Waals surface area contributed by atoms with Crippen molar-refractivity contribution in [3.8, 4) is 22.8 Å². The number of carbonyl (C=O) groups excluding carboxylic acids is 1. The SMILES string of the molecule is CCOc1ccccc1NC(=O)CSc1nnc(-c2cccc(Cl)c2)n1-c1ccc(C)cc1. The highest BCUT2D eigenvalue weighted by molar-refractivity contribution is 7.99. The second-order valence-electron chi connectivity index (χ2n) is 7.25. The van der Waals surface area contributed by atoms with E-state index in [1.807, 2.05) is 91.2 Å². The number of benzene rings is 3. The van der Waals surface area contributed by atoms with Gasteiger partial charge in [0.25, 0.3) is 0 Å². The Morgan fingerprint density at radius 3 is 2.61 bits per heavy atom. The van der Waals surface area contributed by atoms with Gasteiger partial charge in [-0.25, -0.2) is 0 Å². The molecule has 0 saturated carbocycles. The van der Waals surface area contributed by atoms with Gasteiger partial charge in [-0.1, -0.05) is 65.3 Å². The zero-order chi connectivity index (χ0) is 23.2. The Morgan fingerprint density at radius 1 is 1.06 bits per heavy atom. The number of hydrogen-bond acceptors (Lipinski definition) is 5. The highest BCUT2D eigenvalue weighted by Crippen LogP contribution is 2.30. The van der Waals surface area contributed by atoms with Gasteiger partial charge in [0.1, 0.15) is 5.75 Å². The largest absolute Gasteiger partial charge is 0.492 e. The van der Waals surface area contributed by atoms with Crippen LogP contribution in [0.15, 0.2) is 78.0 Å². The first-order chi connectivity index (χ1) is 16.0. The number of halogens is 1. The predicted octanol–water partition coefficient (Wildman–Crippen LogP) is 6.03. The van der Waals surface area contributed by atoms with Gasteiger partial charge in [0.05, 0.1) is 18.0 Å². The third kappa shape index (κ3) is 5.56. The number of rotatable bonds is 8. The summed E-state index contributed by atoms with van der Waals surface area (Å²) in [5, 5.41) is 12.9. The topological polar surface area (TPSA) is 69.0 Å². The smallest absolute Gasteiger partial charge is 0.234 e. The van der Waals surface area contributed by atoms with Crippen molar-refractivity contribution in [3.05, 3.63) is 83.4 Å². The van der Waals surface area contributed by atoms with Gasteiger partial charge in [-0.2, -0.15) is 0 Å². The van der Waals surface area contributed by atoms with Crippen molar-refractivity contribution >= 4 is 35.0 Å². The molecule has 0 saturated heterocycles. The predicted molar refractivity (Wildman–Crippen MR) is 134 cm³/mol. The number of anilines is 1. The third-order valence-electron chi connectivity index (χ3n) is 4.80. The molecule has 1 heterocycles. The summed E-state index contributed by atoms with van der Waals surface area (Å²) in [6, 6.07) is 22.9. The summed E-state index contributed by atoms with van der Waals surface area (Å²) in [4.78, 5) is 12.7. The van der Waals surface area contributed by atoms with E-state index in [1.165, 1.54) is 11.8 Å². The number of hydrogen-bond donors (Lipinski definition) is 1. The monoisotopic (exact) mass is 478 g/mol. The van der Waals surface area contributed by atoms with E-state index >= 15 is 0 Å². The second kappa shape index (κ2) is 10.6. The lowest BCUT2D eigenvalue weighted by atomic mass is 10.2. The van der Waals surface area contributed by atoms with Crippen LogP contribution in [0, 0.1) is 6.92 Å². The zero-order valence-corrected chi connectivity index (χ0v) is 19.9. The number of carbonyl (C=O) groups is 1. The summed E-state index contributed by atoms with van der Waals surface area (Å²) in [6.45, 7) is 4.46. The van der Waals surface area contributed by atoms with Crippen LogP contribution in [0.4, 0.5) is 5.69 Å². The lowest BCUT2D eigenvalue weighted by Gasteiger charge is -2.12. The van der Waals surface area contributed by atoms with Crippen molar-refractivity contribution < 1.29 is 9.53 Å². The molecule has 4 rings (SSSR count). The molecule has 0 atom stereocenters. The van der Waals surface area contributed by atoms with E-state index in [0.29, 0.717) is 34.0 Å². The number of amides is 1. The van der Waals surface area contributed by atoms with Crippen molar-refractivity contribution in [2.45, 2.75) is 19.0 Å². The maximum absolute atomic E-state index is 12.7. The number of aromatic nitrogens is 3. The van der Waals surface area contributed by atoms with Crippen molar-refractivity contribution in [2.75, 3.05) is 17.7 Å². The van der Waals surface area contributed by atoms with Crippen LogP contribution in [-0.2, 0) is 4.79 Å². The van der Waals surface area contributed by atoms with Gasteiger partial charge >= 0.3 is 0 Å². The molecule has 1 N–H and O–H groups in total. The molecule has 0 radical (unpaired) electrons. The Morgan fingerprint density at radius 2 is 1.85 bits per heavy atom. The van der Waals surface area contributed by atoms with E-state index in [9.17, 15) is 4.79 Å². The standard InChI is InChI=1S/C25H23ClN4O2S/c1-3-32-22-10-5-4-9-21(22)27-23(31)16-33-25-29-28-24(18-7-6-8-19(26)15-18)30(25)20-13-11-17(2)12-14-20/h4-15H,3,16H2,1-2H3,(H,27,31). The molecular weight excluding hydrogens is 456 g/mol. The van der Waals surface area contributed by atoms with Gasteiger partial charge in [-0.15, -0.1) is 10.2 Å². The molecule has 8 heteroatoms. The molecule has 6 nitrogen and oxygen atoms in total. The van der Waals surface area contributed by atoms with Gasteiger partial charge in [-0.05, 0) is 50.2 Å². The van der Waals surface area contributed by atoms with Crippen LogP contribution in [0.2, 0.25) is 5.02 Å². The van der Waals surface area contributed by atoms with Crippen molar-refractivity contribution in [2.24, 2.45) is 0 Å². The minimum Gasteiger partial charge on any atom is -0.492 e. The van der Waals surface area contributed by atoms with Gasteiger partial charge in [0.2, 0.25) is 5.91 Å². The summed E-state index contributed by atoms with van der Waals surface area (Å²) in [7, 11) is 0. The summed E-state index contributed by atoms with van der Waals surface area (Å²) < 4.78 is 7.53. The molecule has 168 valence electrons. The third-order valence-corrected chi connectivity index (χ3v) is 5.97. The Labute approximate surface area is 202 Å². The van der Waals surface area contributed by atoms with Crippen LogP contribution in [0.1, 0.15) is 12.5 Å². The number of nitrogens with one attached hydrogen (secondary N) is 1. The highest BCUT2D eigenvalue weighted by Gasteiger charge is 2.18. The normalized spacial score (nSPS) is 10.8. The van der Waals surface area contributed by atoms with Gasteiger partial charge in [-0.3, -0.25) is 9.36 Å². The summed E-state index contributed by atoms with van der Waals surface area (Å²) in [5.74, 6) is 1.31. The Hall–Kier alpha value is -3.29. The molecule has 33 heavy (non-hydrogen) atoms. The summed E-state index contributed by atoms with van der Waals surface area (Å²) >= 11 is 7.53. The van der Waals surface area contributed by atoms with Crippen LogP contribution in [-0.4, -0.2) is 33.0 Å². The molecule has 0 aliphatic heterocycles. The molecule has 0 bridgehead atoms. The zero-order valence-electron chi connectivity index (χ0n) is 18.3. The van der Waals surface area contributed by atoms with E-state index in [0.717, 1.165) is 16.8 Å². The molecule has 1 aromatic heterocycles. The number of ether oxygens (including phenoxy) is 1. The van der Waals surface area contributed by atoms with E-state index in [4.69, 9.17) is 16.3 Å². The van der Waals surface area contributed by atoms with Crippen LogP contribution in [0.3, 0.4) is 0 Å². The van der Waals surface area contributed by atoms with E-state index in [2.05, 4.69) is 15.5 Å². The first-order valence-electron chi connectivity index (χ1n) is 10.5. The van der Waals surface area contributed by atoms with Crippen LogP contribution in [0.25, 0.3) is 17.1 Å². The van der Waals surface area contributed by atoms with Gasteiger partial charge in [0, 0.05) is 16.3 Å². The lowest BCUT2D eigenvalue weighted by molar-refractivity contribution is -0.113. The number of aryl methyl sites for hydroxylation is 1. The van der Waals surface area contributed by atoms with Crippen LogP contribution >= 0.6 is 23.4 Å². The van der Waals surface area contributed by atoms with E-state index in [-0.39, 0.29) is 11.7 Å². The summed E-state index contributed by atoms with van der Waals surface area (Å²) in [5.41, 5.74) is 3.55. The van der Waals surface area contributed by atoms with E-state index in [1.54, 1.807) is 0 Å². The minimum absolute atomic E-state index is 0.157. The van der Waals surface area contributed by atoms with Crippen molar-refractivity contribution in [1.29, 1.82) is 0 Å². The van der Waals surface area contributed by atoms with E-state index < -0.39 is 0 Å². The Bertz CT molecular complexity index is 1260. The summed E-state index contributed by atoms with van der Waals surface area (Å²) in [6.07, 6.45) is 0. The molecular formula is C25H23ClN4O2S. The first-order valence-corrected chi connectivity index (χ1v) is 11.8. The van der Waals surface area contributed by atoms with Crippen LogP contribution in [0.5, 0.6) is 5.75 Å². The van der Waals surface area contributed by atoms with Crippen LogP contribution < -0.4 is 10.1 Å². The average molecular weight is 479 g/mol. The molecule has 4 aromatic rings. The fraction of sp³-hybridized carbons (Fsp3) is 0.160. The molecule has 0 aliphatic carbocycles. The van der Waals surface area contributed by atoms with Crippen molar-refractivity contribution in [3.63, 3.8) is 0 Å². The number of para-hydroxylation sites is 2. The van der Waals surface area contributed by atoms with Gasteiger partial charge < -0.3 is 10.1 Å². The molecule has 3 aromatic carbocycles. The fourth-order valence-electron chi connectivity index (χ4n) is 3.27. The molecule has 0 unspecified atom stereocenters. The highest BCUT2D eigenvalue weighted by atomic mass is 35.5. The van der Waals surface area contributed by atoms with Gasteiger partial charge in [0.15, 0.2) is 11.0 Å². The maximum atomic E-state index is 12.7. The number of thioether (sulfide) groups is 1. The minimum atomic E-state index is -0.157. The number of nitrogens with zero attached hydrogens (tertiary/aromatic N) is 3. The fourth-order valence-corrected chi connectivity index (χ4v) is 4.21. The Kier molecular flexibility index (Phi) is 7.32. The lowest BCUT2D eigenvalue weighted by Crippen LogP contribution is -2.15. The van der Waals surface area contributed by atoms with Crippen molar-refractivity contribution in [1.82, 2.24) is 14.8 Å². The quantitative estimate of drug-likeness (QED) is 0.313. The second-order valence-corrected chi connectivity index (χ2v) is 8.63. The molecule has 0 fully saturated rings. The maximum Gasteiger partial charge on any atom is 0.234 e. The average Bonchev–Trinajstić information content (AvgIpc) is 3.24.